The highest BCUT2D eigenvalue weighted by atomic mass is 16.5. The average Bonchev–Trinajstić information content (AvgIpc) is 2.75. The van der Waals surface area contributed by atoms with Crippen LogP contribution in [0.2, 0.25) is 0 Å². The number of methoxy groups -OCH3 is 4. The minimum atomic E-state index is -0.0855. The lowest BCUT2D eigenvalue weighted by Gasteiger charge is -2.19. The highest BCUT2D eigenvalue weighted by Gasteiger charge is 2.15. The number of amides is 1. The van der Waals surface area contributed by atoms with E-state index < -0.39 is 0 Å². The molecular formula is C22H29NO5. The van der Waals surface area contributed by atoms with Crippen LogP contribution in [0.15, 0.2) is 36.4 Å². The van der Waals surface area contributed by atoms with Crippen LogP contribution in [0.25, 0.3) is 0 Å². The number of carbonyl (C=O) groups is 1. The van der Waals surface area contributed by atoms with Crippen LogP contribution in [0, 0.1) is 0 Å². The van der Waals surface area contributed by atoms with Gasteiger partial charge < -0.3 is 24.3 Å². The van der Waals surface area contributed by atoms with Crippen molar-refractivity contribution < 1.29 is 23.7 Å². The third kappa shape index (κ3) is 5.31. The quantitative estimate of drug-likeness (QED) is 0.669. The van der Waals surface area contributed by atoms with Crippen molar-refractivity contribution in [3.05, 3.63) is 47.5 Å². The number of benzene rings is 2. The summed E-state index contributed by atoms with van der Waals surface area (Å²) in [6.07, 6.45) is 1.78. The standard InChI is InChI=1S/C22H29NO5/c1-6-17(16-9-11-19(26-3)21(14-16)28-5)23-22(24)12-8-15-7-10-18(25-2)20(13-15)27-4/h7,9-11,13-14,17H,6,8,12H2,1-5H3,(H,23,24). The van der Waals surface area contributed by atoms with Gasteiger partial charge in [-0.15, -0.1) is 0 Å². The Balaban J connectivity index is 2.01. The van der Waals surface area contributed by atoms with Gasteiger partial charge in [-0.3, -0.25) is 4.79 Å². The summed E-state index contributed by atoms with van der Waals surface area (Å²) in [5.74, 6) is 2.66. The summed E-state index contributed by atoms with van der Waals surface area (Å²) in [4.78, 5) is 12.5. The van der Waals surface area contributed by atoms with Gasteiger partial charge in [-0.1, -0.05) is 19.1 Å². The first-order valence-corrected chi connectivity index (χ1v) is 9.28. The maximum absolute atomic E-state index is 12.5. The zero-order valence-corrected chi connectivity index (χ0v) is 17.2. The first kappa shape index (κ1) is 21.4. The van der Waals surface area contributed by atoms with Gasteiger partial charge >= 0.3 is 0 Å². The van der Waals surface area contributed by atoms with Crippen molar-refractivity contribution >= 4 is 5.91 Å². The molecule has 0 heterocycles. The molecule has 0 fully saturated rings. The summed E-state index contributed by atoms with van der Waals surface area (Å²) in [6, 6.07) is 11.3. The molecule has 1 amide bonds. The van der Waals surface area contributed by atoms with Crippen molar-refractivity contribution in [2.24, 2.45) is 0 Å². The summed E-state index contributed by atoms with van der Waals surface area (Å²) >= 11 is 0. The van der Waals surface area contributed by atoms with Gasteiger partial charge in [0.2, 0.25) is 5.91 Å². The second-order valence-electron chi connectivity index (χ2n) is 6.33. The maximum atomic E-state index is 12.5. The predicted octanol–water partition coefficient (Wildman–Crippen LogP) is 3.92. The summed E-state index contributed by atoms with van der Waals surface area (Å²) < 4.78 is 21.2. The van der Waals surface area contributed by atoms with Crippen molar-refractivity contribution in [2.75, 3.05) is 28.4 Å². The lowest BCUT2D eigenvalue weighted by Crippen LogP contribution is -2.28. The number of ether oxygens (including phenoxy) is 4. The Morgan fingerprint density at radius 2 is 1.43 bits per heavy atom. The fraction of sp³-hybridized carbons (Fsp3) is 0.409. The Morgan fingerprint density at radius 3 is 2.00 bits per heavy atom. The molecule has 6 nitrogen and oxygen atoms in total. The third-order valence-corrected chi connectivity index (χ3v) is 4.64. The van der Waals surface area contributed by atoms with Crippen molar-refractivity contribution in [3.8, 4) is 23.0 Å². The molecule has 0 radical (unpaired) electrons. The first-order valence-electron chi connectivity index (χ1n) is 9.28. The summed E-state index contributed by atoms with van der Waals surface area (Å²) in [7, 11) is 6.41. The summed E-state index contributed by atoms with van der Waals surface area (Å²) in [6.45, 7) is 2.04. The molecule has 152 valence electrons. The third-order valence-electron chi connectivity index (χ3n) is 4.64. The molecule has 0 aliphatic rings. The minimum absolute atomic E-state index is 0.00332. The second-order valence-corrected chi connectivity index (χ2v) is 6.33. The second kappa shape index (κ2) is 10.4. The van der Waals surface area contributed by atoms with E-state index in [1.807, 2.05) is 43.3 Å². The lowest BCUT2D eigenvalue weighted by molar-refractivity contribution is -0.121. The van der Waals surface area contributed by atoms with Gasteiger partial charge in [0, 0.05) is 6.42 Å². The fourth-order valence-corrected chi connectivity index (χ4v) is 3.05. The molecule has 6 heteroatoms. The molecule has 1 atom stereocenters. The van der Waals surface area contributed by atoms with E-state index >= 15 is 0 Å². The van der Waals surface area contributed by atoms with Gasteiger partial charge in [0.15, 0.2) is 23.0 Å². The molecule has 1 N–H and O–H groups in total. The SMILES string of the molecule is CCC(NC(=O)CCc1ccc(OC)c(OC)c1)c1ccc(OC)c(OC)c1. The van der Waals surface area contributed by atoms with Crippen molar-refractivity contribution in [1.29, 1.82) is 0 Å². The highest BCUT2D eigenvalue weighted by Crippen LogP contribution is 2.31. The smallest absolute Gasteiger partial charge is 0.220 e. The van der Waals surface area contributed by atoms with Crippen molar-refractivity contribution in [3.63, 3.8) is 0 Å². The van der Waals surface area contributed by atoms with Crippen LogP contribution in [0.4, 0.5) is 0 Å². The largest absolute Gasteiger partial charge is 0.493 e. The molecule has 0 aromatic heterocycles. The number of rotatable bonds is 10. The normalized spacial score (nSPS) is 11.5. The number of carbonyl (C=O) groups excluding carboxylic acids is 1. The van der Waals surface area contributed by atoms with E-state index in [0.29, 0.717) is 35.8 Å². The fourth-order valence-electron chi connectivity index (χ4n) is 3.05. The maximum Gasteiger partial charge on any atom is 0.220 e. The molecule has 2 rings (SSSR count). The zero-order valence-electron chi connectivity index (χ0n) is 17.2. The Kier molecular flexibility index (Phi) is 7.99. The monoisotopic (exact) mass is 387 g/mol. The molecule has 0 aliphatic heterocycles. The lowest BCUT2D eigenvalue weighted by atomic mass is 10.0. The van der Waals surface area contributed by atoms with Crippen LogP contribution >= 0.6 is 0 Å². The van der Waals surface area contributed by atoms with E-state index in [-0.39, 0.29) is 11.9 Å². The summed E-state index contributed by atoms with van der Waals surface area (Å²) in [5.41, 5.74) is 2.01. The molecule has 2 aromatic rings. The first-order chi connectivity index (χ1) is 13.6. The van der Waals surface area contributed by atoms with Crippen molar-refractivity contribution in [1.82, 2.24) is 5.32 Å². The number of hydrogen-bond donors (Lipinski definition) is 1. The van der Waals surface area contributed by atoms with Crippen LogP contribution < -0.4 is 24.3 Å². The van der Waals surface area contributed by atoms with Gasteiger partial charge in [0.25, 0.3) is 0 Å². The Bertz CT molecular complexity index is 790. The van der Waals surface area contributed by atoms with Gasteiger partial charge in [0.1, 0.15) is 0 Å². The Morgan fingerprint density at radius 1 is 0.857 bits per heavy atom. The van der Waals surface area contributed by atoms with Crippen LogP contribution in [0.1, 0.15) is 36.9 Å². The van der Waals surface area contributed by atoms with Gasteiger partial charge in [0.05, 0.1) is 34.5 Å². The average molecular weight is 387 g/mol. The van der Waals surface area contributed by atoms with Gasteiger partial charge in [-0.05, 0) is 48.2 Å². The Labute approximate surface area is 166 Å². The molecule has 2 aromatic carbocycles. The van der Waals surface area contributed by atoms with Crippen LogP contribution in [-0.2, 0) is 11.2 Å². The highest BCUT2D eigenvalue weighted by molar-refractivity contribution is 5.76. The van der Waals surface area contributed by atoms with Crippen molar-refractivity contribution in [2.45, 2.75) is 32.2 Å². The van der Waals surface area contributed by atoms with Gasteiger partial charge in [-0.25, -0.2) is 0 Å². The van der Waals surface area contributed by atoms with Crippen LogP contribution in [-0.4, -0.2) is 34.3 Å². The van der Waals surface area contributed by atoms with E-state index in [2.05, 4.69) is 5.32 Å². The van der Waals surface area contributed by atoms with E-state index in [4.69, 9.17) is 18.9 Å². The summed E-state index contributed by atoms with van der Waals surface area (Å²) in [5, 5.41) is 3.10. The van der Waals surface area contributed by atoms with E-state index in [9.17, 15) is 4.79 Å². The molecule has 0 saturated carbocycles. The molecule has 0 spiro atoms. The molecule has 0 aliphatic carbocycles. The van der Waals surface area contributed by atoms with E-state index in [1.54, 1.807) is 28.4 Å². The molecular weight excluding hydrogens is 358 g/mol. The topological polar surface area (TPSA) is 66.0 Å². The molecule has 1 unspecified atom stereocenters. The minimum Gasteiger partial charge on any atom is -0.493 e. The van der Waals surface area contributed by atoms with E-state index in [0.717, 1.165) is 17.5 Å². The van der Waals surface area contributed by atoms with Gasteiger partial charge in [-0.2, -0.15) is 0 Å². The number of aryl methyl sites for hydroxylation is 1. The molecule has 0 saturated heterocycles. The Hall–Kier alpha value is -2.89. The number of nitrogens with one attached hydrogen (secondary N) is 1. The number of hydrogen-bond acceptors (Lipinski definition) is 5. The molecule has 28 heavy (non-hydrogen) atoms. The molecule has 0 bridgehead atoms. The predicted molar refractivity (Wildman–Crippen MR) is 109 cm³/mol. The van der Waals surface area contributed by atoms with Crippen LogP contribution in [0.5, 0.6) is 23.0 Å². The van der Waals surface area contributed by atoms with Crippen LogP contribution in [0.3, 0.4) is 0 Å². The zero-order chi connectivity index (χ0) is 20.5. The van der Waals surface area contributed by atoms with E-state index in [1.165, 1.54) is 0 Å².